The number of benzene rings is 2. The summed E-state index contributed by atoms with van der Waals surface area (Å²) in [6, 6.07) is 16.3. The lowest BCUT2D eigenvalue weighted by Gasteiger charge is -2.36. The molecule has 2 aromatic carbocycles. The van der Waals surface area contributed by atoms with E-state index < -0.39 is 0 Å². The topological polar surface area (TPSA) is 50.2 Å². The SMILES string of the molecule is Cc1nn(-c2ccccc2)c(C)c1CC(=O)N1CCNCC1c1cccc(F)c1.Cl. The van der Waals surface area contributed by atoms with Gasteiger partial charge in [-0.15, -0.1) is 12.4 Å². The summed E-state index contributed by atoms with van der Waals surface area (Å²) in [4.78, 5) is 15.1. The van der Waals surface area contributed by atoms with Gasteiger partial charge in [0, 0.05) is 30.9 Å². The molecule has 0 aliphatic carbocycles. The van der Waals surface area contributed by atoms with E-state index in [1.54, 1.807) is 6.07 Å². The van der Waals surface area contributed by atoms with Gasteiger partial charge >= 0.3 is 0 Å². The van der Waals surface area contributed by atoms with Crippen LogP contribution in [0, 0.1) is 19.7 Å². The van der Waals surface area contributed by atoms with Crippen LogP contribution in [-0.2, 0) is 11.2 Å². The van der Waals surface area contributed by atoms with Crippen molar-refractivity contribution in [2.45, 2.75) is 26.3 Å². The Kier molecular flexibility index (Phi) is 6.90. The van der Waals surface area contributed by atoms with Crippen LogP contribution in [0.2, 0.25) is 0 Å². The zero-order valence-corrected chi connectivity index (χ0v) is 18.0. The number of para-hydroxylation sites is 1. The second-order valence-electron chi connectivity index (χ2n) is 7.44. The fourth-order valence-corrected chi connectivity index (χ4v) is 4.02. The van der Waals surface area contributed by atoms with Crippen molar-refractivity contribution in [3.05, 3.63) is 82.9 Å². The van der Waals surface area contributed by atoms with Crippen molar-refractivity contribution >= 4 is 18.3 Å². The number of amides is 1. The Balaban J connectivity index is 0.00000256. The third-order valence-electron chi connectivity index (χ3n) is 5.57. The lowest BCUT2D eigenvalue weighted by molar-refractivity contribution is -0.133. The number of rotatable bonds is 4. The highest BCUT2D eigenvalue weighted by Gasteiger charge is 2.29. The molecule has 1 atom stereocenters. The lowest BCUT2D eigenvalue weighted by Crippen LogP contribution is -2.49. The molecular formula is C23H26ClFN4O. The first kappa shape index (κ1) is 22.0. The van der Waals surface area contributed by atoms with E-state index in [1.165, 1.54) is 12.1 Å². The molecule has 5 nitrogen and oxygen atoms in total. The monoisotopic (exact) mass is 428 g/mol. The Morgan fingerprint density at radius 3 is 2.67 bits per heavy atom. The van der Waals surface area contributed by atoms with Gasteiger partial charge in [-0.25, -0.2) is 9.07 Å². The number of aryl methyl sites for hydroxylation is 1. The largest absolute Gasteiger partial charge is 0.333 e. The van der Waals surface area contributed by atoms with Crippen LogP contribution in [0.25, 0.3) is 5.69 Å². The smallest absolute Gasteiger partial charge is 0.227 e. The predicted molar refractivity (Wildman–Crippen MR) is 118 cm³/mol. The van der Waals surface area contributed by atoms with E-state index in [9.17, 15) is 9.18 Å². The maximum Gasteiger partial charge on any atom is 0.227 e. The molecule has 0 bridgehead atoms. The lowest BCUT2D eigenvalue weighted by atomic mass is 10.0. The zero-order chi connectivity index (χ0) is 20.4. The molecule has 1 amide bonds. The summed E-state index contributed by atoms with van der Waals surface area (Å²) >= 11 is 0. The minimum absolute atomic E-state index is 0. The van der Waals surface area contributed by atoms with Gasteiger partial charge in [0.1, 0.15) is 5.82 Å². The van der Waals surface area contributed by atoms with Crippen LogP contribution in [0.5, 0.6) is 0 Å². The first-order valence-corrected chi connectivity index (χ1v) is 9.91. The van der Waals surface area contributed by atoms with Crippen LogP contribution in [-0.4, -0.2) is 40.2 Å². The highest BCUT2D eigenvalue weighted by Crippen LogP contribution is 2.25. The zero-order valence-electron chi connectivity index (χ0n) is 17.1. The quantitative estimate of drug-likeness (QED) is 0.688. The number of piperazine rings is 1. The third kappa shape index (κ3) is 4.40. The predicted octanol–water partition coefficient (Wildman–Crippen LogP) is 3.77. The van der Waals surface area contributed by atoms with Crippen molar-refractivity contribution < 1.29 is 9.18 Å². The molecule has 3 aromatic rings. The van der Waals surface area contributed by atoms with Gasteiger partial charge in [-0.3, -0.25) is 4.79 Å². The first-order valence-electron chi connectivity index (χ1n) is 9.91. The fraction of sp³-hybridized carbons (Fsp3) is 0.304. The van der Waals surface area contributed by atoms with Crippen LogP contribution >= 0.6 is 12.4 Å². The molecule has 0 spiro atoms. The number of halogens is 2. The number of carbonyl (C=O) groups excluding carboxylic acids is 1. The van der Waals surface area contributed by atoms with Crippen LogP contribution in [0.4, 0.5) is 4.39 Å². The number of aromatic nitrogens is 2. The Morgan fingerprint density at radius 2 is 1.93 bits per heavy atom. The highest BCUT2D eigenvalue weighted by atomic mass is 35.5. The van der Waals surface area contributed by atoms with Crippen molar-refractivity contribution in [3.8, 4) is 5.69 Å². The summed E-state index contributed by atoms with van der Waals surface area (Å²) in [6.07, 6.45) is 0.288. The van der Waals surface area contributed by atoms with Crippen molar-refractivity contribution in [3.63, 3.8) is 0 Å². The summed E-state index contributed by atoms with van der Waals surface area (Å²) in [6.45, 7) is 5.90. The molecule has 0 radical (unpaired) electrons. The van der Waals surface area contributed by atoms with Crippen molar-refractivity contribution in [2.75, 3.05) is 19.6 Å². The summed E-state index contributed by atoms with van der Waals surface area (Å²) in [5.74, 6) is -0.240. The van der Waals surface area contributed by atoms with Gasteiger partial charge in [0.15, 0.2) is 0 Å². The van der Waals surface area contributed by atoms with Gasteiger partial charge in [-0.2, -0.15) is 5.10 Å². The number of carbonyl (C=O) groups is 1. The molecular weight excluding hydrogens is 403 g/mol. The molecule has 158 valence electrons. The van der Waals surface area contributed by atoms with E-state index in [-0.39, 0.29) is 36.6 Å². The summed E-state index contributed by atoms with van der Waals surface area (Å²) in [5, 5.41) is 7.97. The Morgan fingerprint density at radius 1 is 1.17 bits per heavy atom. The van der Waals surface area contributed by atoms with Crippen molar-refractivity contribution in [2.24, 2.45) is 0 Å². The van der Waals surface area contributed by atoms with Gasteiger partial charge < -0.3 is 10.2 Å². The number of nitrogens with one attached hydrogen (secondary N) is 1. The van der Waals surface area contributed by atoms with Gasteiger partial charge in [0.25, 0.3) is 0 Å². The average Bonchev–Trinajstić information content (AvgIpc) is 3.02. The van der Waals surface area contributed by atoms with Gasteiger partial charge in [0.05, 0.1) is 23.8 Å². The summed E-state index contributed by atoms with van der Waals surface area (Å²) in [5.41, 5.74) is 4.58. The van der Waals surface area contributed by atoms with E-state index in [0.717, 1.165) is 34.7 Å². The van der Waals surface area contributed by atoms with Gasteiger partial charge in [0.2, 0.25) is 5.91 Å². The molecule has 1 aromatic heterocycles. The van der Waals surface area contributed by atoms with Crippen molar-refractivity contribution in [1.82, 2.24) is 20.0 Å². The fourth-order valence-electron chi connectivity index (χ4n) is 4.02. The Bertz CT molecular complexity index is 1020. The molecule has 4 rings (SSSR count). The molecule has 1 unspecified atom stereocenters. The molecule has 7 heteroatoms. The van der Waals surface area contributed by atoms with Crippen LogP contribution in [0.1, 0.15) is 28.6 Å². The van der Waals surface area contributed by atoms with E-state index in [2.05, 4.69) is 10.4 Å². The highest BCUT2D eigenvalue weighted by molar-refractivity contribution is 5.85. The minimum Gasteiger partial charge on any atom is -0.333 e. The molecule has 1 aliphatic rings. The summed E-state index contributed by atoms with van der Waals surface area (Å²) in [7, 11) is 0. The number of hydrogen-bond acceptors (Lipinski definition) is 3. The normalized spacial score (nSPS) is 16.2. The second-order valence-corrected chi connectivity index (χ2v) is 7.44. The van der Waals surface area contributed by atoms with E-state index in [4.69, 9.17) is 0 Å². The average molecular weight is 429 g/mol. The van der Waals surface area contributed by atoms with E-state index in [0.29, 0.717) is 13.1 Å². The van der Waals surface area contributed by atoms with E-state index in [1.807, 2.05) is 59.8 Å². The standard InChI is InChI=1S/C23H25FN4O.ClH/c1-16-21(17(2)28(26-16)20-9-4-3-5-10-20)14-23(29)27-12-11-25-15-22(27)18-7-6-8-19(24)13-18;/h3-10,13,22,25H,11-12,14-15H2,1-2H3;1H. The molecule has 1 saturated heterocycles. The van der Waals surface area contributed by atoms with Crippen LogP contribution in [0.15, 0.2) is 54.6 Å². The second kappa shape index (κ2) is 9.41. The number of nitrogens with zero attached hydrogens (tertiary/aromatic N) is 3. The minimum atomic E-state index is -0.281. The molecule has 2 heterocycles. The Labute approximate surface area is 182 Å². The third-order valence-corrected chi connectivity index (χ3v) is 5.57. The summed E-state index contributed by atoms with van der Waals surface area (Å²) < 4.78 is 15.6. The maximum atomic E-state index is 13.7. The van der Waals surface area contributed by atoms with E-state index >= 15 is 0 Å². The molecule has 1 fully saturated rings. The van der Waals surface area contributed by atoms with Gasteiger partial charge in [-0.05, 0) is 43.7 Å². The molecule has 0 saturated carbocycles. The molecule has 30 heavy (non-hydrogen) atoms. The van der Waals surface area contributed by atoms with Crippen LogP contribution in [0.3, 0.4) is 0 Å². The first-order chi connectivity index (χ1) is 14.0. The Hall–Kier alpha value is -2.70. The van der Waals surface area contributed by atoms with Crippen LogP contribution < -0.4 is 5.32 Å². The number of hydrogen-bond donors (Lipinski definition) is 1. The molecule has 1 N–H and O–H groups in total. The maximum absolute atomic E-state index is 13.7. The van der Waals surface area contributed by atoms with Gasteiger partial charge in [-0.1, -0.05) is 30.3 Å². The van der Waals surface area contributed by atoms with Crippen molar-refractivity contribution in [1.29, 1.82) is 0 Å². The molecule has 1 aliphatic heterocycles.